The van der Waals surface area contributed by atoms with Gasteiger partial charge in [-0.15, -0.1) is 0 Å². The molecule has 4 aliphatic rings. The molecule has 3 aliphatic carbocycles. The number of carbonyl (C=O) groups is 1. The Balaban J connectivity index is 1.17. The van der Waals surface area contributed by atoms with Crippen LogP contribution in [0.15, 0.2) is 42.5 Å². The molecule has 2 aromatic carbocycles. The number of nitrogens with one attached hydrogen (secondary N) is 1. The summed E-state index contributed by atoms with van der Waals surface area (Å²) in [5.74, 6) is 1.25. The lowest BCUT2D eigenvalue weighted by molar-refractivity contribution is 0.110. The van der Waals surface area contributed by atoms with Gasteiger partial charge in [0, 0.05) is 37.4 Å². The first-order valence-corrected chi connectivity index (χ1v) is 13.7. The van der Waals surface area contributed by atoms with Gasteiger partial charge in [0.25, 0.3) is 0 Å². The first kappa shape index (κ1) is 24.7. The van der Waals surface area contributed by atoms with E-state index >= 15 is 0 Å². The first-order chi connectivity index (χ1) is 17.9. The average Bonchev–Trinajstić information content (AvgIpc) is 3.81. The number of anilines is 1. The zero-order chi connectivity index (χ0) is 25.7. The van der Waals surface area contributed by atoms with Crippen molar-refractivity contribution in [2.75, 3.05) is 31.6 Å². The molecule has 0 radical (unpaired) electrons. The van der Waals surface area contributed by atoms with Crippen LogP contribution in [0.2, 0.25) is 5.02 Å². The Labute approximate surface area is 222 Å². The second kappa shape index (κ2) is 9.58. The van der Waals surface area contributed by atoms with Gasteiger partial charge in [0.15, 0.2) is 0 Å². The molecule has 4 fully saturated rings. The number of likely N-dealkylation sites (tertiary alicyclic amines) is 1. The van der Waals surface area contributed by atoms with Gasteiger partial charge in [-0.1, -0.05) is 23.7 Å². The fourth-order valence-corrected chi connectivity index (χ4v) is 7.35. The molecule has 2 unspecified atom stereocenters. The van der Waals surface area contributed by atoms with Crippen molar-refractivity contribution in [3.05, 3.63) is 64.4 Å². The minimum atomic E-state index is -0.517. The maximum absolute atomic E-state index is 13.7. The number of hydrogen-bond acceptors (Lipinski definition) is 4. The van der Waals surface area contributed by atoms with Gasteiger partial charge in [-0.2, -0.15) is 5.26 Å². The summed E-state index contributed by atoms with van der Waals surface area (Å²) in [6, 6.07) is 14.6. The number of halogens is 2. The fourth-order valence-electron chi connectivity index (χ4n) is 7.17. The normalized spacial score (nSPS) is 31.7. The van der Waals surface area contributed by atoms with Crippen LogP contribution >= 0.6 is 11.6 Å². The summed E-state index contributed by atoms with van der Waals surface area (Å²) in [7, 11) is 0. The summed E-state index contributed by atoms with van der Waals surface area (Å²) in [6.07, 6.45) is 5.08. The number of benzene rings is 2. The molecule has 1 heterocycles. The topological polar surface area (TPSA) is 79.6 Å². The summed E-state index contributed by atoms with van der Waals surface area (Å²) >= 11 is 5.95. The molecule has 1 aliphatic heterocycles. The number of amides is 2. The van der Waals surface area contributed by atoms with E-state index < -0.39 is 5.82 Å². The number of nitriles is 1. The Kier molecular flexibility index (Phi) is 6.38. The predicted octanol–water partition coefficient (Wildman–Crippen LogP) is 5.01. The van der Waals surface area contributed by atoms with Crippen LogP contribution in [0.25, 0.3) is 0 Å². The predicted molar refractivity (Wildman–Crippen MR) is 140 cm³/mol. The van der Waals surface area contributed by atoms with Crippen molar-refractivity contribution < 1.29 is 14.3 Å². The molecule has 6 rings (SSSR count). The second-order valence-electron chi connectivity index (χ2n) is 11.3. The number of carbonyl (C=O) groups excluding carboxylic acids is 1. The van der Waals surface area contributed by atoms with E-state index in [9.17, 15) is 19.6 Å². The summed E-state index contributed by atoms with van der Waals surface area (Å²) in [5, 5.41) is 22.2. The zero-order valence-corrected chi connectivity index (χ0v) is 21.5. The van der Waals surface area contributed by atoms with Gasteiger partial charge in [0.2, 0.25) is 0 Å². The zero-order valence-electron chi connectivity index (χ0n) is 20.7. The Morgan fingerprint density at radius 1 is 1.30 bits per heavy atom. The lowest BCUT2D eigenvalue weighted by Gasteiger charge is -2.38. The number of hydrogen-bond donors (Lipinski definition) is 2. The summed E-state index contributed by atoms with van der Waals surface area (Å²) in [6.45, 7) is 2.46. The van der Waals surface area contributed by atoms with Crippen LogP contribution < -0.4 is 5.32 Å². The lowest BCUT2D eigenvalue weighted by atomic mass is 9.80. The van der Waals surface area contributed by atoms with Crippen LogP contribution in [0.5, 0.6) is 0 Å². The Morgan fingerprint density at radius 2 is 2.16 bits per heavy atom. The van der Waals surface area contributed by atoms with Crippen LogP contribution in [0.3, 0.4) is 0 Å². The second-order valence-corrected chi connectivity index (χ2v) is 11.7. The molecule has 1 saturated heterocycles. The largest absolute Gasteiger partial charge is 0.395 e. The molecule has 0 aromatic heterocycles. The lowest BCUT2D eigenvalue weighted by Crippen LogP contribution is -2.49. The summed E-state index contributed by atoms with van der Waals surface area (Å²) in [5.41, 5.74) is 2.53. The van der Waals surface area contributed by atoms with Gasteiger partial charge < -0.3 is 15.3 Å². The van der Waals surface area contributed by atoms with Crippen molar-refractivity contribution in [2.24, 2.45) is 17.8 Å². The highest BCUT2D eigenvalue weighted by Gasteiger charge is 2.58. The average molecular weight is 523 g/mol. The Morgan fingerprint density at radius 3 is 2.92 bits per heavy atom. The van der Waals surface area contributed by atoms with Crippen LogP contribution in [0, 0.1) is 34.9 Å². The van der Waals surface area contributed by atoms with Crippen molar-refractivity contribution in [1.29, 1.82) is 5.26 Å². The van der Waals surface area contributed by atoms with Crippen molar-refractivity contribution in [3.63, 3.8) is 0 Å². The van der Waals surface area contributed by atoms with Gasteiger partial charge >= 0.3 is 6.03 Å². The highest BCUT2D eigenvalue weighted by Crippen LogP contribution is 2.63. The third kappa shape index (κ3) is 4.60. The molecule has 2 aromatic rings. The van der Waals surface area contributed by atoms with E-state index in [1.807, 2.05) is 23.1 Å². The van der Waals surface area contributed by atoms with Crippen LogP contribution in [0.1, 0.15) is 43.2 Å². The molecular weight excluding hydrogens is 491 g/mol. The number of fused-ring (bicyclic) bond motifs is 2. The maximum Gasteiger partial charge on any atom is 0.322 e. The Hall–Kier alpha value is -2.66. The fraction of sp³-hybridized carbons (Fsp3) is 0.517. The third-order valence-electron chi connectivity index (χ3n) is 9.38. The molecule has 6 nitrogen and oxygen atoms in total. The van der Waals surface area contributed by atoms with Gasteiger partial charge in [0.1, 0.15) is 5.82 Å². The molecule has 3 saturated carbocycles. The number of urea groups is 1. The summed E-state index contributed by atoms with van der Waals surface area (Å²) < 4.78 is 13.7. The van der Waals surface area contributed by atoms with Crippen molar-refractivity contribution in [3.8, 4) is 6.07 Å². The number of nitrogens with zero attached hydrogens (tertiary/aromatic N) is 3. The van der Waals surface area contributed by atoms with E-state index in [1.165, 1.54) is 30.2 Å². The third-order valence-corrected chi connectivity index (χ3v) is 9.67. The molecule has 0 spiro atoms. The standard InChI is InChI=1S/C29H32ClFN4O2/c30-25-13-22(4-5-26(25)31)33-28(37)35(9-8-34-16-19-11-24(19)27(34)17-36)23-6-7-29(14-21(29)12-23)20-3-1-2-18(10-20)15-32/h1-5,10,13,19,21,23-24,27,36H,6-9,11-12,14,16-17H2,(H,33,37)/t19-,21?,23+,24?,27+,29+/m0/s1. The van der Waals surface area contributed by atoms with E-state index in [-0.39, 0.29) is 35.2 Å². The molecule has 194 valence electrons. The maximum atomic E-state index is 13.7. The number of rotatable bonds is 7. The van der Waals surface area contributed by atoms with Gasteiger partial charge in [-0.3, -0.25) is 4.90 Å². The van der Waals surface area contributed by atoms with E-state index in [2.05, 4.69) is 22.4 Å². The SMILES string of the molecule is N#Cc1cccc([C@]23CC[C@@H](N(CCN4C[C@@H]5CC5[C@H]4CO)C(=O)Nc4ccc(F)c(Cl)c4)CC2C3)c1. The smallest absolute Gasteiger partial charge is 0.322 e. The van der Waals surface area contributed by atoms with Crippen molar-refractivity contribution in [2.45, 2.75) is 49.6 Å². The van der Waals surface area contributed by atoms with E-state index in [1.54, 1.807) is 0 Å². The Bertz CT molecular complexity index is 1250. The quantitative estimate of drug-likeness (QED) is 0.536. The minimum Gasteiger partial charge on any atom is -0.395 e. The van der Waals surface area contributed by atoms with Gasteiger partial charge in [-0.05, 0) is 91.2 Å². The first-order valence-electron chi connectivity index (χ1n) is 13.3. The van der Waals surface area contributed by atoms with Gasteiger partial charge in [0.05, 0.1) is 23.3 Å². The highest BCUT2D eigenvalue weighted by molar-refractivity contribution is 6.31. The monoisotopic (exact) mass is 522 g/mol. The van der Waals surface area contributed by atoms with Crippen LogP contribution in [0.4, 0.5) is 14.9 Å². The molecule has 2 N–H and O–H groups in total. The number of piperidine rings is 1. The molecule has 6 atom stereocenters. The number of aliphatic hydroxyl groups is 1. The van der Waals surface area contributed by atoms with E-state index in [4.69, 9.17) is 11.6 Å². The minimum absolute atomic E-state index is 0.0218. The molecule has 0 bridgehead atoms. The number of aliphatic hydroxyl groups excluding tert-OH is 1. The van der Waals surface area contributed by atoms with Crippen molar-refractivity contribution in [1.82, 2.24) is 9.80 Å². The van der Waals surface area contributed by atoms with E-state index in [0.29, 0.717) is 35.5 Å². The molecular formula is C29H32ClFN4O2. The summed E-state index contributed by atoms with van der Waals surface area (Å²) in [4.78, 5) is 17.9. The van der Waals surface area contributed by atoms with Crippen molar-refractivity contribution >= 4 is 23.3 Å². The van der Waals surface area contributed by atoms with Gasteiger partial charge in [-0.25, -0.2) is 9.18 Å². The van der Waals surface area contributed by atoms with E-state index in [0.717, 1.165) is 38.8 Å². The molecule has 8 heteroatoms. The van der Waals surface area contributed by atoms with Crippen LogP contribution in [-0.2, 0) is 5.41 Å². The molecule has 2 amide bonds. The van der Waals surface area contributed by atoms with Crippen LogP contribution in [-0.4, -0.2) is 59.3 Å². The highest BCUT2D eigenvalue weighted by atomic mass is 35.5. The molecule has 37 heavy (non-hydrogen) atoms.